The molecule has 1 N–H and O–H groups in total. The summed E-state index contributed by atoms with van der Waals surface area (Å²) in [5.74, 6) is 0.930. The zero-order valence-electron chi connectivity index (χ0n) is 24.3. The minimum atomic E-state index is -0.669. The van der Waals surface area contributed by atoms with E-state index in [0.717, 1.165) is 69.5 Å². The number of hydrogen-bond donors (Lipinski definition) is 1. The predicted molar refractivity (Wildman–Crippen MR) is 157 cm³/mol. The average Bonchev–Trinajstić information content (AvgIpc) is 3.76. The smallest absolute Gasteiger partial charge is 0.303 e. The third-order valence-electron chi connectivity index (χ3n) is 9.76. The van der Waals surface area contributed by atoms with Crippen molar-refractivity contribution in [3.8, 4) is 5.75 Å². The Labute approximate surface area is 239 Å². The number of benzene rings is 2. The molecule has 0 bridgehead atoms. The molecule has 1 amide bonds. The summed E-state index contributed by atoms with van der Waals surface area (Å²) in [5, 5.41) is 10.5. The molecule has 6 heteroatoms. The molecule has 0 unspecified atom stereocenters. The first kappa shape index (κ1) is 28.7. The maximum atomic E-state index is 13.4. The van der Waals surface area contributed by atoms with E-state index in [4.69, 9.17) is 4.74 Å². The largest absolute Gasteiger partial charge is 0.508 e. The van der Waals surface area contributed by atoms with Crippen LogP contribution in [0.15, 0.2) is 54.6 Å². The van der Waals surface area contributed by atoms with E-state index >= 15 is 0 Å². The van der Waals surface area contributed by atoms with Crippen molar-refractivity contribution in [1.82, 2.24) is 9.80 Å². The lowest BCUT2D eigenvalue weighted by Gasteiger charge is -2.60. The first-order valence-corrected chi connectivity index (χ1v) is 15.3. The molecule has 5 rings (SSSR count). The fraction of sp³-hybridized carbons (Fsp3) is 0.588. The topological polar surface area (TPSA) is 70.1 Å². The van der Waals surface area contributed by atoms with E-state index in [1.54, 1.807) is 6.07 Å². The van der Waals surface area contributed by atoms with Crippen molar-refractivity contribution in [2.75, 3.05) is 26.7 Å². The number of esters is 1. The van der Waals surface area contributed by atoms with Crippen LogP contribution in [0.4, 0.5) is 0 Å². The molecular weight excluding hydrogens is 500 g/mol. The summed E-state index contributed by atoms with van der Waals surface area (Å²) in [6.07, 6.45) is 10.3. The van der Waals surface area contributed by atoms with Crippen molar-refractivity contribution in [2.45, 2.75) is 94.6 Å². The molecule has 216 valence electrons. The molecule has 1 saturated heterocycles. The van der Waals surface area contributed by atoms with Crippen LogP contribution >= 0.6 is 0 Å². The van der Waals surface area contributed by atoms with Crippen LogP contribution in [0.1, 0.15) is 82.3 Å². The highest BCUT2D eigenvalue weighted by Crippen LogP contribution is 2.55. The van der Waals surface area contributed by atoms with Gasteiger partial charge in [-0.1, -0.05) is 48.9 Å². The number of nitrogens with zero attached hydrogens (tertiary/aromatic N) is 2. The fourth-order valence-corrected chi connectivity index (χ4v) is 7.42. The van der Waals surface area contributed by atoms with Gasteiger partial charge in [-0.2, -0.15) is 0 Å². The number of hydrogen-bond acceptors (Lipinski definition) is 5. The van der Waals surface area contributed by atoms with E-state index in [2.05, 4.69) is 35.2 Å². The van der Waals surface area contributed by atoms with Gasteiger partial charge in [0.05, 0.1) is 0 Å². The second-order valence-electron chi connectivity index (χ2n) is 12.6. The Bertz CT molecular complexity index is 1170. The molecule has 3 aliphatic rings. The fourth-order valence-electron chi connectivity index (χ4n) is 7.42. The summed E-state index contributed by atoms with van der Waals surface area (Å²) in [7, 11) is 1.95. The maximum absolute atomic E-state index is 13.4. The minimum Gasteiger partial charge on any atom is -0.508 e. The SMILES string of the molecule is CC(=O)O[C@]12CC[C@@H](N(C)C(=O)CCCCCc3ccccc3)C[C@]1(c1cccc(O)c1)CCN(CC1CC1)C2. The summed E-state index contributed by atoms with van der Waals surface area (Å²) in [4.78, 5) is 30.4. The van der Waals surface area contributed by atoms with Gasteiger partial charge < -0.3 is 14.7 Å². The van der Waals surface area contributed by atoms with E-state index in [-0.39, 0.29) is 23.7 Å². The molecule has 1 aliphatic heterocycles. The number of ether oxygens (including phenoxy) is 1. The van der Waals surface area contributed by atoms with Crippen molar-refractivity contribution in [3.63, 3.8) is 0 Å². The Morgan fingerprint density at radius 1 is 1.02 bits per heavy atom. The van der Waals surface area contributed by atoms with Crippen LogP contribution in [0.2, 0.25) is 0 Å². The number of rotatable bonds is 11. The lowest BCUT2D eigenvalue weighted by Crippen LogP contribution is -2.68. The Balaban J connectivity index is 1.29. The number of unbranched alkanes of at least 4 members (excludes halogenated alkanes) is 2. The van der Waals surface area contributed by atoms with Crippen LogP contribution in [0.3, 0.4) is 0 Å². The number of phenols is 1. The third kappa shape index (κ3) is 6.38. The zero-order chi connectivity index (χ0) is 28.2. The summed E-state index contributed by atoms with van der Waals surface area (Å²) < 4.78 is 6.36. The molecule has 2 aromatic carbocycles. The average molecular weight is 547 g/mol. The van der Waals surface area contributed by atoms with Crippen molar-refractivity contribution >= 4 is 11.9 Å². The number of phenolic OH excluding ortho intramolecular Hbond substituents is 1. The Hall–Kier alpha value is -2.86. The maximum Gasteiger partial charge on any atom is 0.303 e. The number of aromatic hydroxyl groups is 1. The van der Waals surface area contributed by atoms with Gasteiger partial charge >= 0.3 is 5.97 Å². The highest BCUT2D eigenvalue weighted by Gasteiger charge is 2.61. The van der Waals surface area contributed by atoms with Crippen LogP contribution in [-0.2, 0) is 26.2 Å². The highest BCUT2D eigenvalue weighted by atomic mass is 16.6. The van der Waals surface area contributed by atoms with Crippen molar-refractivity contribution < 1.29 is 19.4 Å². The van der Waals surface area contributed by atoms with E-state index in [1.807, 2.05) is 30.1 Å². The van der Waals surface area contributed by atoms with Gasteiger partial charge in [0, 0.05) is 44.9 Å². The van der Waals surface area contributed by atoms with E-state index in [1.165, 1.54) is 25.3 Å². The molecule has 0 spiro atoms. The van der Waals surface area contributed by atoms with Gasteiger partial charge in [-0.15, -0.1) is 0 Å². The molecule has 2 saturated carbocycles. The van der Waals surface area contributed by atoms with Crippen LogP contribution in [0.5, 0.6) is 5.75 Å². The standard InChI is InChI=1S/C34H46N2O4/c1-26(37)40-34-19-18-30(35(2)32(39)15-8-4-7-12-27-10-5-3-6-11-27)23-33(34,29-13-9-14-31(38)22-29)20-21-36(25-34)24-28-16-17-28/h3,5-6,9-11,13-14,22,28,30,38H,4,7-8,12,15-21,23-25H2,1-2H3/t30-,33+,34+/m1/s1. The van der Waals surface area contributed by atoms with Gasteiger partial charge in [-0.25, -0.2) is 0 Å². The first-order valence-electron chi connectivity index (χ1n) is 15.3. The van der Waals surface area contributed by atoms with Crippen molar-refractivity contribution in [3.05, 3.63) is 65.7 Å². The Morgan fingerprint density at radius 3 is 2.55 bits per heavy atom. The van der Waals surface area contributed by atoms with Crippen LogP contribution in [0.25, 0.3) is 0 Å². The normalized spacial score (nSPS) is 26.6. The summed E-state index contributed by atoms with van der Waals surface area (Å²) >= 11 is 0. The van der Waals surface area contributed by atoms with Gasteiger partial charge in [0.2, 0.25) is 5.91 Å². The summed E-state index contributed by atoms with van der Waals surface area (Å²) in [6.45, 7) is 4.22. The molecule has 2 aromatic rings. The number of carbonyl (C=O) groups is 2. The molecule has 40 heavy (non-hydrogen) atoms. The zero-order valence-corrected chi connectivity index (χ0v) is 24.3. The first-order chi connectivity index (χ1) is 19.3. The Kier molecular flexibility index (Phi) is 8.84. The van der Waals surface area contributed by atoms with Crippen LogP contribution < -0.4 is 0 Å². The summed E-state index contributed by atoms with van der Waals surface area (Å²) in [5.41, 5.74) is 1.25. The number of fused-ring (bicyclic) bond motifs is 1. The molecule has 0 radical (unpaired) electrons. The molecular formula is C34H46N2O4. The Morgan fingerprint density at radius 2 is 1.82 bits per heavy atom. The predicted octanol–water partition coefficient (Wildman–Crippen LogP) is 5.86. The molecule has 1 heterocycles. The lowest BCUT2D eigenvalue weighted by atomic mass is 9.55. The number of piperidine rings is 1. The van der Waals surface area contributed by atoms with Crippen LogP contribution in [-0.4, -0.2) is 65.1 Å². The van der Waals surface area contributed by atoms with Gasteiger partial charge in [0.25, 0.3) is 0 Å². The third-order valence-corrected chi connectivity index (χ3v) is 9.76. The van der Waals surface area contributed by atoms with Crippen molar-refractivity contribution in [2.24, 2.45) is 5.92 Å². The number of amides is 1. The van der Waals surface area contributed by atoms with E-state index < -0.39 is 11.0 Å². The molecule has 0 aromatic heterocycles. The van der Waals surface area contributed by atoms with Gasteiger partial charge in [-0.05, 0) is 93.5 Å². The summed E-state index contributed by atoms with van der Waals surface area (Å²) in [6, 6.07) is 18.1. The molecule has 2 aliphatic carbocycles. The van der Waals surface area contributed by atoms with E-state index in [9.17, 15) is 14.7 Å². The number of carbonyl (C=O) groups excluding carboxylic acids is 2. The van der Waals surface area contributed by atoms with Gasteiger partial charge in [0.1, 0.15) is 11.4 Å². The van der Waals surface area contributed by atoms with E-state index in [0.29, 0.717) is 19.4 Å². The minimum absolute atomic E-state index is 0.0674. The molecule has 3 atom stereocenters. The van der Waals surface area contributed by atoms with Crippen molar-refractivity contribution in [1.29, 1.82) is 0 Å². The van der Waals surface area contributed by atoms with Gasteiger partial charge in [-0.3, -0.25) is 14.5 Å². The second kappa shape index (κ2) is 12.3. The second-order valence-corrected chi connectivity index (χ2v) is 12.6. The molecule has 3 fully saturated rings. The lowest BCUT2D eigenvalue weighted by molar-refractivity contribution is -0.190. The number of likely N-dealkylation sites (tertiary alicyclic amines) is 1. The quantitative estimate of drug-likeness (QED) is 0.282. The highest BCUT2D eigenvalue weighted by molar-refractivity contribution is 5.76. The molecule has 6 nitrogen and oxygen atoms in total. The van der Waals surface area contributed by atoms with Crippen LogP contribution in [0, 0.1) is 5.92 Å². The van der Waals surface area contributed by atoms with Gasteiger partial charge in [0.15, 0.2) is 0 Å². The monoisotopic (exact) mass is 546 g/mol. The number of aryl methyl sites for hydroxylation is 1.